The summed E-state index contributed by atoms with van der Waals surface area (Å²) in [6, 6.07) is 16.3. The Hall–Kier alpha value is -2.62. The van der Waals surface area contributed by atoms with Gasteiger partial charge in [-0.1, -0.05) is 42.5 Å². The van der Waals surface area contributed by atoms with Gasteiger partial charge >= 0.3 is 0 Å². The summed E-state index contributed by atoms with van der Waals surface area (Å²) < 4.78 is 0. The molecule has 0 radical (unpaired) electrons. The largest absolute Gasteiger partial charge is 0.342 e. The number of nitrogens with zero attached hydrogens (tertiary/aromatic N) is 1. The summed E-state index contributed by atoms with van der Waals surface area (Å²) in [5, 5.41) is 3.11. The van der Waals surface area contributed by atoms with Crippen LogP contribution in [0.1, 0.15) is 36.0 Å². The van der Waals surface area contributed by atoms with Gasteiger partial charge in [0.15, 0.2) is 0 Å². The second-order valence-electron chi connectivity index (χ2n) is 7.62. The predicted molar refractivity (Wildman–Crippen MR) is 107 cm³/mol. The average molecular weight is 362 g/mol. The number of nitrogens with one attached hydrogen (secondary N) is 1. The highest BCUT2D eigenvalue weighted by Gasteiger charge is 2.34. The number of carbonyl (C=O) groups is 2. The maximum atomic E-state index is 12.8. The summed E-state index contributed by atoms with van der Waals surface area (Å²) in [4.78, 5) is 26.9. The molecule has 140 valence electrons. The molecule has 1 N–H and O–H groups in total. The third-order valence-electron chi connectivity index (χ3n) is 5.75. The van der Waals surface area contributed by atoms with Gasteiger partial charge in [0.25, 0.3) is 0 Å². The number of aryl methyl sites for hydroxylation is 1. The van der Waals surface area contributed by atoms with Crippen LogP contribution in [0.25, 0.3) is 0 Å². The molecule has 0 saturated carbocycles. The molecule has 1 atom stereocenters. The molecule has 4 heteroatoms. The van der Waals surface area contributed by atoms with Crippen LogP contribution >= 0.6 is 0 Å². The summed E-state index contributed by atoms with van der Waals surface area (Å²) >= 11 is 0. The van der Waals surface area contributed by atoms with Crippen molar-refractivity contribution in [1.29, 1.82) is 0 Å². The fraction of sp³-hybridized carbons (Fsp3) is 0.391. The molecule has 2 aromatic rings. The van der Waals surface area contributed by atoms with Crippen LogP contribution in [0.4, 0.5) is 5.69 Å². The monoisotopic (exact) mass is 362 g/mol. The predicted octanol–water partition coefficient (Wildman–Crippen LogP) is 3.60. The van der Waals surface area contributed by atoms with E-state index >= 15 is 0 Å². The van der Waals surface area contributed by atoms with Gasteiger partial charge in [0, 0.05) is 25.2 Å². The van der Waals surface area contributed by atoms with Gasteiger partial charge in [-0.05, 0) is 54.9 Å². The Morgan fingerprint density at radius 3 is 2.70 bits per heavy atom. The summed E-state index contributed by atoms with van der Waals surface area (Å²) in [6.07, 6.45) is 5.66. The molecule has 0 bridgehead atoms. The molecule has 1 unspecified atom stereocenters. The molecule has 4 nitrogen and oxygen atoms in total. The molecular weight excluding hydrogens is 336 g/mol. The van der Waals surface area contributed by atoms with E-state index in [9.17, 15) is 9.59 Å². The fourth-order valence-corrected chi connectivity index (χ4v) is 4.21. The molecular formula is C23H26N2O2. The lowest BCUT2D eigenvalue weighted by Crippen LogP contribution is -2.30. The maximum Gasteiger partial charge on any atom is 0.229 e. The number of rotatable bonds is 5. The number of fused-ring (bicyclic) bond motifs is 1. The second kappa shape index (κ2) is 7.95. The zero-order chi connectivity index (χ0) is 18.6. The number of carbonyl (C=O) groups excluding carboxylic acids is 2. The van der Waals surface area contributed by atoms with Crippen molar-refractivity contribution in [2.75, 3.05) is 18.4 Å². The molecule has 2 aliphatic rings. The molecule has 2 aromatic carbocycles. The van der Waals surface area contributed by atoms with E-state index in [-0.39, 0.29) is 17.7 Å². The highest BCUT2D eigenvalue weighted by molar-refractivity contribution is 5.97. The van der Waals surface area contributed by atoms with E-state index in [2.05, 4.69) is 23.5 Å². The van der Waals surface area contributed by atoms with Gasteiger partial charge in [0.1, 0.15) is 0 Å². The minimum absolute atomic E-state index is 0.0236. The van der Waals surface area contributed by atoms with Crippen LogP contribution in [0, 0.1) is 5.92 Å². The van der Waals surface area contributed by atoms with Crippen molar-refractivity contribution >= 4 is 17.5 Å². The van der Waals surface area contributed by atoms with Gasteiger partial charge < -0.3 is 10.2 Å². The van der Waals surface area contributed by atoms with Gasteiger partial charge in [-0.25, -0.2) is 0 Å². The van der Waals surface area contributed by atoms with E-state index in [0.717, 1.165) is 24.9 Å². The zero-order valence-electron chi connectivity index (χ0n) is 15.6. The third kappa shape index (κ3) is 4.05. The van der Waals surface area contributed by atoms with E-state index in [4.69, 9.17) is 0 Å². The van der Waals surface area contributed by atoms with Crippen molar-refractivity contribution in [2.24, 2.45) is 5.92 Å². The Morgan fingerprint density at radius 1 is 1.04 bits per heavy atom. The Morgan fingerprint density at radius 2 is 1.85 bits per heavy atom. The van der Waals surface area contributed by atoms with Gasteiger partial charge in [-0.15, -0.1) is 0 Å². The van der Waals surface area contributed by atoms with Crippen LogP contribution < -0.4 is 5.32 Å². The van der Waals surface area contributed by atoms with Crippen molar-refractivity contribution < 1.29 is 9.59 Å². The SMILES string of the molecule is O=C(Nc1cccc2c1CCCC2)C1CC(=O)N(CCc2ccccc2)C1. The normalized spacial score (nSPS) is 19.0. The first-order valence-electron chi connectivity index (χ1n) is 9.94. The molecule has 2 amide bonds. The van der Waals surface area contributed by atoms with E-state index in [0.29, 0.717) is 19.5 Å². The Bertz CT molecular complexity index is 832. The first-order chi connectivity index (χ1) is 13.2. The number of benzene rings is 2. The quantitative estimate of drug-likeness (QED) is 0.884. The van der Waals surface area contributed by atoms with Crippen molar-refractivity contribution in [3.63, 3.8) is 0 Å². The van der Waals surface area contributed by atoms with Crippen molar-refractivity contribution in [1.82, 2.24) is 4.90 Å². The number of hydrogen-bond acceptors (Lipinski definition) is 2. The third-order valence-corrected chi connectivity index (χ3v) is 5.75. The first kappa shape index (κ1) is 17.8. The second-order valence-corrected chi connectivity index (χ2v) is 7.62. The smallest absolute Gasteiger partial charge is 0.229 e. The van der Waals surface area contributed by atoms with E-state index in [1.807, 2.05) is 35.2 Å². The molecule has 1 heterocycles. The summed E-state index contributed by atoms with van der Waals surface area (Å²) in [6.45, 7) is 1.19. The maximum absolute atomic E-state index is 12.8. The highest BCUT2D eigenvalue weighted by Crippen LogP contribution is 2.29. The van der Waals surface area contributed by atoms with Gasteiger partial charge in [-0.3, -0.25) is 9.59 Å². The van der Waals surface area contributed by atoms with Crippen molar-refractivity contribution in [3.8, 4) is 0 Å². The van der Waals surface area contributed by atoms with Crippen LogP contribution in [-0.2, 0) is 28.9 Å². The summed E-state index contributed by atoms with van der Waals surface area (Å²) in [5.74, 6) is -0.196. The topological polar surface area (TPSA) is 49.4 Å². The molecule has 27 heavy (non-hydrogen) atoms. The van der Waals surface area contributed by atoms with Gasteiger partial charge in [0.05, 0.1) is 5.92 Å². The van der Waals surface area contributed by atoms with E-state index < -0.39 is 0 Å². The van der Waals surface area contributed by atoms with E-state index in [1.165, 1.54) is 29.5 Å². The number of hydrogen-bond donors (Lipinski definition) is 1. The minimum atomic E-state index is -0.257. The summed E-state index contributed by atoms with van der Waals surface area (Å²) in [5.41, 5.74) is 4.79. The van der Waals surface area contributed by atoms with Gasteiger partial charge in [0.2, 0.25) is 11.8 Å². The molecule has 0 aromatic heterocycles. The Labute approximate surface area is 160 Å². The zero-order valence-corrected chi connectivity index (χ0v) is 15.6. The molecule has 1 fully saturated rings. The minimum Gasteiger partial charge on any atom is -0.342 e. The van der Waals surface area contributed by atoms with Crippen LogP contribution in [-0.4, -0.2) is 29.8 Å². The molecule has 0 spiro atoms. The highest BCUT2D eigenvalue weighted by atomic mass is 16.2. The molecule has 1 saturated heterocycles. The number of anilines is 1. The number of likely N-dealkylation sites (tertiary alicyclic amines) is 1. The van der Waals surface area contributed by atoms with Crippen LogP contribution in [0.2, 0.25) is 0 Å². The molecule has 1 aliphatic carbocycles. The lowest BCUT2D eigenvalue weighted by molar-refractivity contribution is -0.128. The first-order valence-corrected chi connectivity index (χ1v) is 9.94. The fourth-order valence-electron chi connectivity index (χ4n) is 4.21. The summed E-state index contributed by atoms with van der Waals surface area (Å²) in [7, 11) is 0. The Kier molecular flexibility index (Phi) is 5.23. The lowest BCUT2D eigenvalue weighted by Gasteiger charge is -2.21. The lowest BCUT2D eigenvalue weighted by atomic mass is 9.90. The van der Waals surface area contributed by atoms with Crippen LogP contribution in [0.15, 0.2) is 48.5 Å². The number of amides is 2. The molecule has 4 rings (SSSR count). The van der Waals surface area contributed by atoms with Crippen molar-refractivity contribution in [2.45, 2.75) is 38.5 Å². The molecule has 1 aliphatic heterocycles. The Balaban J connectivity index is 1.37. The van der Waals surface area contributed by atoms with Crippen LogP contribution in [0.5, 0.6) is 0 Å². The van der Waals surface area contributed by atoms with Crippen LogP contribution in [0.3, 0.4) is 0 Å². The van der Waals surface area contributed by atoms with E-state index in [1.54, 1.807) is 0 Å². The van der Waals surface area contributed by atoms with Gasteiger partial charge in [-0.2, -0.15) is 0 Å². The standard InChI is InChI=1S/C23H26N2O2/c26-22-15-19(16-25(22)14-13-17-7-2-1-3-8-17)23(27)24-21-12-6-10-18-9-4-5-11-20(18)21/h1-3,6-8,10,12,19H,4-5,9,11,13-16H2,(H,24,27). The van der Waals surface area contributed by atoms with Crippen molar-refractivity contribution in [3.05, 3.63) is 65.2 Å². The average Bonchev–Trinajstić information content (AvgIpc) is 3.08.